The van der Waals surface area contributed by atoms with Crippen LogP contribution in [0.1, 0.15) is 59.4 Å². The van der Waals surface area contributed by atoms with Crippen molar-refractivity contribution in [2.24, 2.45) is 17.8 Å². The molecule has 0 aliphatic rings. The minimum Gasteiger partial charge on any atom is -0.461 e. The van der Waals surface area contributed by atoms with Crippen LogP contribution < -0.4 is 0 Å². The molecule has 0 bridgehead atoms. The number of halogens is 1. The van der Waals surface area contributed by atoms with Crippen molar-refractivity contribution >= 4 is 27.9 Å². The fourth-order valence-corrected chi connectivity index (χ4v) is 3.25. The zero-order valence-electron chi connectivity index (χ0n) is 17.2. The first-order chi connectivity index (χ1) is 12.6. The molecule has 27 heavy (non-hydrogen) atoms. The van der Waals surface area contributed by atoms with Crippen molar-refractivity contribution in [3.63, 3.8) is 0 Å². The standard InChI is InChI=1S/C22H33BrO4/c1-16(2)14-19(20(24)26-15-17-10-7-6-8-11-17)18(12-9-13-23)21(25)27-22(3,4)5/h6-8,10-11,16,18-19H,9,12-15H2,1-5H3/t18-,19+/m0/s1. The van der Waals surface area contributed by atoms with Gasteiger partial charge in [0, 0.05) is 5.33 Å². The zero-order chi connectivity index (χ0) is 20.4. The second-order valence-electron chi connectivity index (χ2n) is 8.30. The summed E-state index contributed by atoms with van der Waals surface area (Å²) in [5.74, 6) is -1.35. The SMILES string of the molecule is CC(C)C[C@@H](C(=O)OCc1ccccc1)[C@H](CCCBr)C(=O)OC(C)(C)C. The minimum absolute atomic E-state index is 0.216. The molecule has 152 valence electrons. The van der Waals surface area contributed by atoms with E-state index in [4.69, 9.17) is 9.47 Å². The summed E-state index contributed by atoms with van der Waals surface area (Å²) < 4.78 is 11.2. The topological polar surface area (TPSA) is 52.6 Å². The third kappa shape index (κ3) is 9.41. The Kier molecular flexibility index (Phi) is 10.1. The summed E-state index contributed by atoms with van der Waals surface area (Å²) in [5.41, 5.74) is 0.350. The fourth-order valence-electron chi connectivity index (χ4n) is 2.93. The lowest BCUT2D eigenvalue weighted by atomic mass is 9.82. The van der Waals surface area contributed by atoms with Gasteiger partial charge in [0.1, 0.15) is 12.2 Å². The van der Waals surface area contributed by atoms with E-state index < -0.39 is 17.4 Å². The molecule has 0 amide bonds. The summed E-state index contributed by atoms with van der Waals surface area (Å²) in [6.07, 6.45) is 1.99. The molecule has 1 aromatic rings. The Hall–Kier alpha value is -1.36. The third-order valence-electron chi connectivity index (χ3n) is 4.10. The van der Waals surface area contributed by atoms with Gasteiger partial charge in [-0.05, 0) is 51.5 Å². The predicted octanol–water partition coefficient (Wildman–Crippen LogP) is 5.53. The number of carbonyl (C=O) groups excluding carboxylic acids is 2. The summed E-state index contributed by atoms with van der Waals surface area (Å²) >= 11 is 3.42. The van der Waals surface area contributed by atoms with E-state index in [0.29, 0.717) is 12.8 Å². The summed E-state index contributed by atoms with van der Waals surface area (Å²) in [7, 11) is 0. The first-order valence-electron chi connectivity index (χ1n) is 9.63. The summed E-state index contributed by atoms with van der Waals surface area (Å²) in [4.78, 5) is 25.7. The number of alkyl halides is 1. The van der Waals surface area contributed by atoms with Gasteiger partial charge in [-0.3, -0.25) is 9.59 Å². The van der Waals surface area contributed by atoms with Gasteiger partial charge in [0.15, 0.2) is 0 Å². The van der Waals surface area contributed by atoms with Crippen LogP contribution in [0.4, 0.5) is 0 Å². The molecule has 4 nitrogen and oxygen atoms in total. The average Bonchev–Trinajstić information content (AvgIpc) is 2.58. The highest BCUT2D eigenvalue weighted by Gasteiger charge is 2.37. The quantitative estimate of drug-likeness (QED) is 0.354. The minimum atomic E-state index is -0.583. The Morgan fingerprint density at radius 1 is 1.04 bits per heavy atom. The highest BCUT2D eigenvalue weighted by molar-refractivity contribution is 9.09. The molecule has 0 unspecified atom stereocenters. The number of hydrogen-bond donors (Lipinski definition) is 0. The van der Waals surface area contributed by atoms with Gasteiger partial charge < -0.3 is 9.47 Å². The number of benzene rings is 1. The maximum Gasteiger partial charge on any atom is 0.310 e. The van der Waals surface area contributed by atoms with E-state index >= 15 is 0 Å². The molecule has 0 N–H and O–H groups in total. The van der Waals surface area contributed by atoms with Crippen LogP contribution in [0.2, 0.25) is 0 Å². The van der Waals surface area contributed by atoms with E-state index in [1.807, 2.05) is 65.0 Å². The van der Waals surface area contributed by atoms with E-state index in [2.05, 4.69) is 15.9 Å². The number of esters is 2. The van der Waals surface area contributed by atoms with E-state index in [9.17, 15) is 9.59 Å². The molecule has 0 saturated carbocycles. The van der Waals surface area contributed by atoms with Crippen LogP contribution in [0.15, 0.2) is 30.3 Å². The zero-order valence-corrected chi connectivity index (χ0v) is 18.8. The van der Waals surface area contributed by atoms with Gasteiger partial charge in [-0.25, -0.2) is 0 Å². The second kappa shape index (κ2) is 11.5. The van der Waals surface area contributed by atoms with E-state index in [1.165, 1.54) is 0 Å². The maximum absolute atomic E-state index is 12.9. The highest BCUT2D eigenvalue weighted by Crippen LogP contribution is 2.29. The number of hydrogen-bond acceptors (Lipinski definition) is 4. The van der Waals surface area contributed by atoms with Crippen LogP contribution in [0, 0.1) is 17.8 Å². The Morgan fingerprint density at radius 2 is 1.67 bits per heavy atom. The predicted molar refractivity (Wildman–Crippen MR) is 112 cm³/mol. The Morgan fingerprint density at radius 3 is 2.19 bits per heavy atom. The molecule has 0 aliphatic carbocycles. The van der Waals surface area contributed by atoms with Gasteiger partial charge in [-0.1, -0.05) is 60.1 Å². The Balaban J connectivity index is 2.94. The number of carbonyl (C=O) groups is 2. The first-order valence-corrected chi connectivity index (χ1v) is 10.8. The average molecular weight is 441 g/mol. The van der Waals surface area contributed by atoms with Crippen LogP contribution in [0.25, 0.3) is 0 Å². The molecule has 0 radical (unpaired) electrons. The van der Waals surface area contributed by atoms with E-state index in [-0.39, 0.29) is 24.5 Å². The van der Waals surface area contributed by atoms with Crippen molar-refractivity contribution in [3.8, 4) is 0 Å². The van der Waals surface area contributed by atoms with Gasteiger partial charge in [-0.15, -0.1) is 0 Å². The van der Waals surface area contributed by atoms with Crippen molar-refractivity contribution in [3.05, 3.63) is 35.9 Å². The van der Waals surface area contributed by atoms with Gasteiger partial charge in [0.25, 0.3) is 0 Å². The molecule has 1 rings (SSSR count). The van der Waals surface area contributed by atoms with Crippen molar-refractivity contribution < 1.29 is 19.1 Å². The van der Waals surface area contributed by atoms with Gasteiger partial charge in [0.05, 0.1) is 11.8 Å². The van der Waals surface area contributed by atoms with Crippen LogP contribution in [0.3, 0.4) is 0 Å². The lowest BCUT2D eigenvalue weighted by molar-refractivity contribution is -0.169. The van der Waals surface area contributed by atoms with Crippen molar-refractivity contribution in [1.82, 2.24) is 0 Å². The molecule has 0 spiro atoms. The Bertz CT molecular complexity index is 578. The third-order valence-corrected chi connectivity index (χ3v) is 4.66. The molecular formula is C22H33BrO4. The monoisotopic (exact) mass is 440 g/mol. The molecule has 0 heterocycles. The summed E-state index contributed by atoms with van der Waals surface area (Å²) in [6, 6.07) is 9.58. The highest BCUT2D eigenvalue weighted by atomic mass is 79.9. The van der Waals surface area contributed by atoms with Gasteiger partial charge in [0.2, 0.25) is 0 Å². The van der Waals surface area contributed by atoms with Crippen molar-refractivity contribution in [1.29, 1.82) is 0 Å². The molecule has 0 aromatic heterocycles. The number of ether oxygens (including phenoxy) is 2. The van der Waals surface area contributed by atoms with Crippen LogP contribution in [-0.4, -0.2) is 22.9 Å². The molecule has 1 aromatic carbocycles. The normalized spacial score (nSPS) is 13.9. The largest absolute Gasteiger partial charge is 0.461 e. The lowest BCUT2D eigenvalue weighted by Crippen LogP contribution is -2.37. The Labute approximate surface area is 172 Å². The second-order valence-corrected chi connectivity index (χ2v) is 9.09. The van der Waals surface area contributed by atoms with Crippen LogP contribution in [-0.2, 0) is 25.7 Å². The first kappa shape index (κ1) is 23.7. The number of rotatable bonds is 10. The summed E-state index contributed by atoms with van der Waals surface area (Å²) in [6.45, 7) is 9.85. The summed E-state index contributed by atoms with van der Waals surface area (Å²) in [5, 5.41) is 0.778. The molecule has 0 aliphatic heterocycles. The van der Waals surface area contributed by atoms with Crippen LogP contribution >= 0.6 is 15.9 Å². The van der Waals surface area contributed by atoms with E-state index in [1.54, 1.807) is 0 Å². The van der Waals surface area contributed by atoms with Crippen molar-refractivity contribution in [2.75, 3.05) is 5.33 Å². The van der Waals surface area contributed by atoms with E-state index in [0.717, 1.165) is 17.3 Å². The molecule has 0 saturated heterocycles. The van der Waals surface area contributed by atoms with Gasteiger partial charge in [-0.2, -0.15) is 0 Å². The smallest absolute Gasteiger partial charge is 0.310 e. The van der Waals surface area contributed by atoms with Crippen LogP contribution in [0.5, 0.6) is 0 Å². The van der Waals surface area contributed by atoms with Crippen molar-refractivity contribution in [2.45, 2.75) is 66.1 Å². The fraction of sp³-hybridized carbons (Fsp3) is 0.636. The molecule has 0 fully saturated rings. The molecular weight excluding hydrogens is 408 g/mol. The molecule has 2 atom stereocenters. The molecule has 5 heteroatoms. The maximum atomic E-state index is 12.9. The lowest BCUT2D eigenvalue weighted by Gasteiger charge is -2.29. The van der Waals surface area contributed by atoms with Gasteiger partial charge >= 0.3 is 11.9 Å².